The average Bonchev–Trinajstić information content (AvgIpc) is 4.13. The van der Waals surface area contributed by atoms with Gasteiger partial charge in [-0.2, -0.15) is 0 Å². The number of benzene rings is 7. The normalized spacial score (nSPS) is 11.3. The number of pyridine rings is 3. The van der Waals surface area contributed by atoms with Gasteiger partial charge in [0.1, 0.15) is 22.8 Å². The molecule has 0 amide bonds. The van der Waals surface area contributed by atoms with Crippen molar-refractivity contribution in [3.05, 3.63) is 248 Å². The number of aromatic nitrogens is 7. The summed E-state index contributed by atoms with van der Waals surface area (Å²) >= 11 is 0. The van der Waals surface area contributed by atoms with Crippen molar-refractivity contribution < 1.29 is 24.5 Å². The van der Waals surface area contributed by atoms with Crippen LogP contribution in [-0.2, 0) is 20.1 Å². The molecule has 13 aromatic rings. The van der Waals surface area contributed by atoms with Crippen LogP contribution in [0.25, 0.3) is 123 Å². The summed E-state index contributed by atoms with van der Waals surface area (Å²) in [4.78, 5) is 24.6. The molecule has 6 aromatic heterocycles. The molecule has 76 heavy (non-hydrogen) atoms. The SMILES string of the molecule is Cc1nc(-c2cc(-c3ccccc3-c3c[c-]c(-c4cc(-c5ccc6c(c5)oc5ccccc56)ccn4)cc3)cc(-c3nc(C)c(C)n3-c3c[c-]c(-c4ccccn4)cc3)c2)n(-c2c[c-]c(-c3ccccn3)cc2)c1C.[Ir+3]. The molecule has 0 spiro atoms. The minimum absolute atomic E-state index is 0. The summed E-state index contributed by atoms with van der Waals surface area (Å²) in [6.07, 6.45) is 5.48. The van der Waals surface area contributed by atoms with Gasteiger partial charge in [-0.25, -0.2) is 9.97 Å². The number of rotatable bonds is 10. The molecule has 0 N–H and O–H groups in total. The molecule has 0 aliphatic carbocycles. The van der Waals surface area contributed by atoms with Gasteiger partial charge in [-0.05, 0) is 133 Å². The molecule has 0 aliphatic rings. The van der Waals surface area contributed by atoms with Crippen molar-refractivity contribution in [2.75, 3.05) is 0 Å². The van der Waals surface area contributed by atoms with E-state index < -0.39 is 0 Å². The molecule has 0 atom stereocenters. The summed E-state index contributed by atoms with van der Waals surface area (Å²) in [6.45, 7) is 8.38. The summed E-state index contributed by atoms with van der Waals surface area (Å²) in [5.41, 5.74) is 21.1. The van der Waals surface area contributed by atoms with Gasteiger partial charge in [0, 0.05) is 51.9 Å². The van der Waals surface area contributed by atoms with Crippen LogP contribution in [0, 0.1) is 45.9 Å². The Morgan fingerprint density at radius 2 is 0.882 bits per heavy atom. The number of nitrogens with zero attached hydrogens (tertiary/aromatic N) is 7. The molecule has 13 rings (SSSR count). The van der Waals surface area contributed by atoms with Crippen LogP contribution in [-0.4, -0.2) is 34.1 Å². The van der Waals surface area contributed by atoms with Crippen molar-refractivity contribution in [2.24, 2.45) is 0 Å². The van der Waals surface area contributed by atoms with Crippen molar-refractivity contribution in [2.45, 2.75) is 27.7 Å². The summed E-state index contributed by atoms with van der Waals surface area (Å²) in [5.74, 6) is 1.63. The fraction of sp³-hybridized carbons (Fsp3) is 0.0597. The number of aryl methyl sites for hydroxylation is 2. The van der Waals surface area contributed by atoms with Crippen LogP contribution in [0.15, 0.2) is 211 Å². The summed E-state index contributed by atoms with van der Waals surface area (Å²) < 4.78 is 10.7. The minimum atomic E-state index is 0. The third-order valence-electron chi connectivity index (χ3n) is 14.2. The van der Waals surface area contributed by atoms with Crippen molar-refractivity contribution in [3.8, 4) is 101 Å². The average molecular weight is 1160 g/mol. The third kappa shape index (κ3) is 8.75. The zero-order valence-corrected chi connectivity index (χ0v) is 44.4. The van der Waals surface area contributed by atoms with E-state index in [1.807, 2.05) is 91.4 Å². The Balaban J connectivity index is 0.00000582. The van der Waals surface area contributed by atoms with Gasteiger partial charge in [0.25, 0.3) is 0 Å². The molecule has 0 fully saturated rings. The molecule has 0 unspecified atom stereocenters. The van der Waals surface area contributed by atoms with E-state index in [4.69, 9.17) is 19.4 Å². The molecule has 0 aliphatic heterocycles. The molecule has 6 heterocycles. The first-order chi connectivity index (χ1) is 36.8. The molecule has 0 saturated carbocycles. The molecule has 0 radical (unpaired) electrons. The van der Waals surface area contributed by atoms with E-state index in [0.29, 0.717) is 0 Å². The molecule has 0 bridgehead atoms. The number of fused-ring (bicyclic) bond motifs is 3. The van der Waals surface area contributed by atoms with E-state index in [-0.39, 0.29) is 20.1 Å². The second-order valence-electron chi connectivity index (χ2n) is 18.8. The first-order valence-electron chi connectivity index (χ1n) is 25.0. The molecular formula is C67H46IrN7O. The third-order valence-corrected chi connectivity index (χ3v) is 14.2. The van der Waals surface area contributed by atoms with Gasteiger partial charge >= 0.3 is 20.1 Å². The number of hydrogen-bond donors (Lipinski definition) is 0. The Labute approximate surface area is 454 Å². The summed E-state index contributed by atoms with van der Waals surface area (Å²) in [5, 5.41) is 2.22. The topological polar surface area (TPSA) is 87.5 Å². The summed E-state index contributed by atoms with van der Waals surface area (Å²) in [6, 6.07) is 75.3. The second-order valence-corrected chi connectivity index (χ2v) is 18.8. The summed E-state index contributed by atoms with van der Waals surface area (Å²) in [7, 11) is 0. The molecule has 8 nitrogen and oxygen atoms in total. The van der Waals surface area contributed by atoms with Gasteiger partial charge in [-0.3, -0.25) is 0 Å². The van der Waals surface area contributed by atoms with Crippen LogP contribution in [0.3, 0.4) is 0 Å². The number of furan rings is 1. The van der Waals surface area contributed by atoms with Gasteiger partial charge in [-0.1, -0.05) is 90.0 Å². The minimum Gasteiger partial charge on any atom is -0.456 e. The van der Waals surface area contributed by atoms with Gasteiger partial charge in [0.05, 0.1) is 11.4 Å². The Kier molecular flexibility index (Phi) is 12.6. The fourth-order valence-corrected chi connectivity index (χ4v) is 10.2. The quantitative estimate of drug-likeness (QED) is 0.127. The molecule has 9 heteroatoms. The molecule has 0 saturated heterocycles. The van der Waals surface area contributed by atoms with Crippen molar-refractivity contribution in [3.63, 3.8) is 0 Å². The van der Waals surface area contributed by atoms with Crippen LogP contribution in [0.4, 0.5) is 0 Å². The van der Waals surface area contributed by atoms with Crippen LogP contribution in [0.1, 0.15) is 22.8 Å². The monoisotopic (exact) mass is 1160 g/mol. The maximum atomic E-state index is 6.24. The largest absolute Gasteiger partial charge is 3.00 e. The zero-order chi connectivity index (χ0) is 50.6. The van der Waals surface area contributed by atoms with Crippen molar-refractivity contribution in [1.29, 1.82) is 0 Å². The van der Waals surface area contributed by atoms with E-state index in [1.165, 1.54) is 0 Å². The van der Waals surface area contributed by atoms with Crippen LogP contribution < -0.4 is 0 Å². The Hall–Kier alpha value is -9.14. The van der Waals surface area contributed by atoms with Gasteiger partial charge in [0.2, 0.25) is 0 Å². The smallest absolute Gasteiger partial charge is 0.456 e. The Bertz CT molecular complexity index is 4100. The predicted molar refractivity (Wildman–Crippen MR) is 300 cm³/mol. The van der Waals surface area contributed by atoms with Crippen molar-refractivity contribution >= 4 is 21.9 Å². The maximum Gasteiger partial charge on any atom is 3.00 e. The number of imidazole rings is 2. The van der Waals surface area contributed by atoms with Gasteiger partial charge in [0.15, 0.2) is 0 Å². The van der Waals surface area contributed by atoms with Crippen LogP contribution in [0.5, 0.6) is 0 Å². The fourth-order valence-electron chi connectivity index (χ4n) is 10.2. The molecule has 364 valence electrons. The standard InChI is InChI=1S/C67H46N7O.Ir/c1-42-44(3)73(55-28-23-47(24-29-55)61-16-9-11-34-68-61)66(71-42)53-37-52(38-54(39-53)67-72-43(2)45(4)74(67)56-30-25-48(26-31-56)62-17-10-12-35-69-62)58-14-6-5-13-57(58)46-19-21-49(22-20-46)63-40-51(33-36-70-63)50-27-32-60-59-15-7-8-18-64(59)75-65(60)41-50;/h5-21,23,25,27-41H,1-4H3;/q-3;+3. The number of hydrogen-bond acceptors (Lipinski definition) is 6. The van der Waals surface area contributed by atoms with Gasteiger partial charge in [-0.15, -0.1) is 89.5 Å². The Morgan fingerprint density at radius 3 is 1.46 bits per heavy atom. The maximum absolute atomic E-state index is 6.24. The molecule has 7 aromatic carbocycles. The Morgan fingerprint density at radius 1 is 0.382 bits per heavy atom. The predicted octanol–water partition coefficient (Wildman–Crippen LogP) is 16.1. The second kappa shape index (κ2) is 19.9. The van der Waals surface area contributed by atoms with Crippen LogP contribution >= 0.6 is 0 Å². The van der Waals surface area contributed by atoms with E-state index in [0.717, 1.165) is 146 Å². The van der Waals surface area contributed by atoms with E-state index in [9.17, 15) is 0 Å². The van der Waals surface area contributed by atoms with Gasteiger partial charge < -0.3 is 28.5 Å². The first kappa shape index (κ1) is 47.8. The zero-order valence-electron chi connectivity index (χ0n) is 42.0. The van der Waals surface area contributed by atoms with Crippen molar-refractivity contribution in [1.82, 2.24) is 34.1 Å². The number of para-hydroxylation sites is 1. The van der Waals surface area contributed by atoms with Crippen LogP contribution in [0.2, 0.25) is 0 Å². The van der Waals surface area contributed by atoms with E-state index in [2.05, 4.69) is 180 Å². The van der Waals surface area contributed by atoms with E-state index >= 15 is 0 Å². The first-order valence-corrected chi connectivity index (χ1v) is 25.0. The molecular weight excluding hydrogens is 1110 g/mol. The van der Waals surface area contributed by atoms with E-state index in [1.54, 1.807) is 0 Å².